The molecule has 1 fully saturated rings. The summed E-state index contributed by atoms with van der Waals surface area (Å²) < 4.78 is 22.8. The second-order valence-electron chi connectivity index (χ2n) is 9.71. The van der Waals surface area contributed by atoms with Gasteiger partial charge in [0.1, 0.15) is 11.3 Å². The molecule has 2 aromatic heterocycles. The van der Waals surface area contributed by atoms with E-state index in [0.717, 1.165) is 47.9 Å². The number of methoxy groups -OCH3 is 3. The third kappa shape index (κ3) is 4.91. The number of nitrogens with one attached hydrogen (secondary N) is 1. The second kappa shape index (κ2) is 10.8. The van der Waals surface area contributed by atoms with Crippen molar-refractivity contribution >= 4 is 17.0 Å². The largest absolute Gasteiger partial charge is 0.493 e. The number of aryl methyl sites for hydroxylation is 1. The van der Waals surface area contributed by atoms with E-state index in [-0.39, 0.29) is 18.0 Å². The molecule has 0 saturated heterocycles. The molecule has 0 aliphatic heterocycles. The van der Waals surface area contributed by atoms with Gasteiger partial charge >= 0.3 is 0 Å². The van der Waals surface area contributed by atoms with Crippen molar-refractivity contribution in [2.24, 2.45) is 5.73 Å². The fraction of sp³-hybridized carbons (Fsp3) is 0.333. The van der Waals surface area contributed by atoms with Crippen molar-refractivity contribution in [1.82, 2.24) is 10.3 Å². The molecule has 8 nitrogen and oxygen atoms in total. The molecular weight excluding hydrogens is 482 g/mol. The number of carbonyl (C=O) groups is 1. The molecule has 1 aliphatic carbocycles. The number of hydrogen-bond donors (Lipinski definition) is 2. The number of rotatable bonds is 7. The van der Waals surface area contributed by atoms with E-state index in [1.54, 1.807) is 27.5 Å². The first-order chi connectivity index (χ1) is 18.4. The van der Waals surface area contributed by atoms with Crippen LogP contribution in [0.2, 0.25) is 0 Å². The Morgan fingerprint density at radius 1 is 0.974 bits per heavy atom. The van der Waals surface area contributed by atoms with Crippen molar-refractivity contribution in [2.45, 2.75) is 44.7 Å². The van der Waals surface area contributed by atoms with E-state index in [1.807, 2.05) is 49.4 Å². The van der Waals surface area contributed by atoms with Crippen LogP contribution in [0.4, 0.5) is 0 Å². The van der Waals surface area contributed by atoms with Crippen LogP contribution in [0, 0.1) is 6.92 Å². The van der Waals surface area contributed by atoms with E-state index in [2.05, 4.69) is 10.3 Å². The topological polar surface area (TPSA) is 109 Å². The number of nitrogens with zero attached hydrogens (tertiary/aromatic N) is 1. The summed E-state index contributed by atoms with van der Waals surface area (Å²) in [7, 11) is 4.72. The highest BCUT2D eigenvalue weighted by molar-refractivity contribution is 5.98. The highest BCUT2D eigenvalue weighted by atomic mass is 16.5. The number of hydrogen-bond acceptors (Lipinski definition) is 7. The van der Waals surface area contributed by atoms with Crippen LogP contribution in [-0.4, -0.2) is 44.3 Å². The maximum absolute atomic E-state index is 13.2. The van der Waals surface area contributed by atoms with Crippen LogP contribution in [0.5, 0.6) is 17.2 Å². The number of furan rings is 1. The number of nitrogens with two attached hydrogens (primary N) is 1. The van der Waals surface area contributed by atoms with Crippen LogP contribution in [0.3, 0.4) is 0 Å². The first-order valence-corrected chi connectivity index (χ1v) is 12.8. The lowest BCUT2D eigenvalue weighted by atomic mass is 9.90. The molecule has 0 spiro atoms. The average molecular weight is 516 g/mol. The van der Waals surface area contributed by atoms with Crippen LogP contribution in [0.15, 0.2) is 53.1 Å². The van der Waals surface area contributed by atoms with Crippen molar-refractivity contribution in [3.05, 3.63) is 59.8 Å². The van der Waals surface area contributed by atoms with E-state index in [9.17, 15) is 4.79 Å². The number of aromatic nitrogens is 1. The van der Waals surface area contributed by atoms with Crippen molar-refractivity contribution in [3.63, 3.8) is 0 Å². The first kappa shape index (κ1) is 25.6. The monoisotopic (exact) mass is 515 g/mol. The van der Waals surface area contributed by atoms with Crippen LogP contribution in [0.1, 0.15) is 41.6 Å². The maximum Gasteiger partial charge on any atom is 0.251 e. The van der Waals surface area contributed by atoms with Gasteiger partial charge in [0.25, 0.3) is 5.91 Å². The quantitative estimate of drug-likeness (QED) is 0.335. The van der Waals surface area contributed by atoms with Gasteiger partial charge in [-0.25, -0.2) is 0 Å². The zero-order chi connectivity index (χ0) is 26.8. The summed E-state index contributed by atoms with van der Waals surface area (Å²) >= 11 is 0. The number of ether oxygens (including phenoxy) is 3. The molecule has 2 heterocycles. The van der Waals surface area contributed by atoms with Gasteiger partial charge in [0.15, 0.2) is 17.1 Å². The summed E-state index contributed by atoms with van der Waals surface area (Å²) in [5, 5.41) is 3.15. The first-order valence-electron chi connectivity index (χ1n) is 12.8. The summed E-state index contributed by atoms with van der Waals surface area (Å²) in [6, 6.07) is 13.3. The summed E-state index contributed by atoms with van der Waals surface area (Å²) in [5.74, 6) is 2.06. The third-order valence-electron chi connectivity index (χ3n) is 7.15. The van der Waals surface area contributed by atoms with Gasteiger partial charge in [-0.15, -0.1) is 0 Å². The van der Waals surface area contributed by atoms with E-state index in [4.69, 9.17) is 24.4 Å². The Morgan fingerprint density at radius 2 is 1.71 bits per heavy atom. The highest BCUT2D eigenvalue weighted by Gasteiger charge is 2.24. The van der Waals surface area contributed by atoms with Gasteiger partial charge in [-0.05, 0) is 61.2 Å². The molecule has 5 rings (SSSR count). The summed E-state index contributed by atoms with van der Waals surface area (Å²) in [6.45, 7) is 1.98. The van der Waals surface area contributed by atoms with E-state index in [0.29, 0.717) is 39.7 Å². The van der Waals surface area contributed by atoms with E-state index < -0.39 is 0 Å². The third-order valence-corrected chi connectivity index (χ3v) is 7.15. The lowest BCUT2D eigenvalue weighted by Crippen LogP contribution is -2.49. The second-order valence-corrected chi connectivity index (χ2v) is 9.71. The number of fused-ring (bicyclic) bond motifs is 1. The maximum atomic E-state index is 13.2. The fourth-order valence-electron chi connectivity index (χ4n) is 5.19. The molecule has 0 bridgehead atoms. The molecule has 2 atom stereocenters. The molecule has 0 radical (unpaired) electrons. The Balaban J connectivity index is 1.53. The van der Waals surface area contributed by atoms with Crippen molar-refractivity contribution in [2.75, 3.05) is 21.3 Å². The Hall–Kier alpha value is -4.04. The van der Waals surface area contributed by atoms with Gasteiger partial charge in [-0.1, -0.05) is 18.9 Å². The van der Waals surface area contributed by atoms with Crippen LogP contribution < -0.4 is 25.3 Å². The summed E-state index contributed by atoms with van der Waals surface area (Å²) in [4.78, 5) is 17.7. The molecule has 198 valence electrons. The molecule has 1 amide bonds. The van der Waals surface area contributed by atoms with Crippen LogP contribution in [0.25, 0.3) is 33.6 Å². The van der Waals surface area contributed by atoms with Gasteiger partial charge in [-0.3, -0.25) is 9.78 Å². The van der Waals surface area contributed by atoms with Crippen molar-refractivity contribution in [1.29, 1.82) is 0 Å². The van der Waals surface area contributed by atoms with Crippen LogP contribution >= 0.6 is 0 Å². The Kier molecular flexibility index (Phi) is 7.24. The van der Waals surface area contributed by atoms with E-state index >= 15 is 0 Å². The number of amides is 1. The average Bonchev–Trinajstić information content (AvgIpc) is 3.37. The molecule has 3 N–H and O–H groups in total. The smallest absolute Gasteiger partial charge is 0.251 e. The normalized spacial score (nSPS) is 17.3. The lowest BCUT2D eigenvalue weighted by Gasteiger charge is -2.29. The van der Waals surface area contributed by atoms with Gasteiger partial charge in [0.05, 0.1) is 21.3 Å². The minimum atomic E-state index is -0.111. The molecule has 2 unspecified atom stereocenters. The zero-order valence-corrected chi connectivity index (χ0v) is 22.2. The predicted octanol–water partition coefficient (Wildman–Crippen LogP) is 5.50. The molecular formula is C30H33N3O5. The zero-order valence-electron chi connectivity index (χ0n) is 22.2. The Bertz CT molecular complexity index is 1450. The van der Waals surface area contributed by atoms with Gasteiger partial charge < -0.3 is 29.7 Å². The fourth-order valence-corrected chi connectivity index (χ4v) is 5.19. The van der Waals surface area contributed by atoms with E-state index in [1.165, 1.54) is 0 Å². The minimum absolute atomic E-state index is 0.000967. The molecule has 8 heteroatoms. The Labute approximate surface area is 222 Å². The van der Waals surface area contributed by atoms with Crippen LogP contribution in [-0.2, 0) is 0 Å². The van der Waals surface area contributed by atoms with Gasteiger partial charge in [0.2, 0.25) is 5.75 Å². The molecule has 38 heavy (non-hydrogen) atoms. The van der Waals surface area contributed by atoms with Gasteiger partial charge in [0, 0.05) is 41.0 Å². The summed E-state index contributed by atoms with van der Waals surface area (Å²) in [6.07, 6.45) is 5.79. The lowest BCUT2D eigenvalue weighted by molar-refractivity contribution is 0.0921. The summed E-state index contributed by atoms with van der Waals surface area (Å²) in [5.41, 5.74) is 11.6. The Morgan fingerprint density at radius 3 is 2.39 bits per heavy atom. The minimum Gasteiger partial charge on any atom is -0.493 e. The predicted molar refractivity (Wildman–Crippen MR) is 147 cm³/mol. The number of benzene rings is 2. The molecule has 4 aromatic rings. The highest BCUT2D eigenvalue weighted by Crippen LogP contribution is 2.43. The van der Waals surface area contributed by atoms with Crippen molar-refractivity contribution in [3.8, 4) is 39.7 Å². The standard InChI is InChI=1S/C30H33N3O5/c1-17-11-18(13-20(12-17)30(34)33-23-8-6-5-7-22(23)31)21-9-10-32-24-16-25(38-28(21)24)19-14-26(35-2)29(37-4)27(15-19)36-3/h9-16,22-23H,5-8,31H2,1-4H3,(H,33,34). The SMILES string of the molecule is COc1cc(-c2cc3nccc(-c4cc(C)cc(C(=O)NC5CCCCC5N)c4)c3o2)cc(OC)c1OC. The van der Waals surface area contributed by atoms with Crippen molar-refractivity contribution < 1.29 is 23.4 Å². The molecule has 1 aliphatic rings. The molecule has 1 saturated carbocycles. The molecule has 2 aromatic carbocycles. The van der Waals surface area contributed by atoms with Gasteiger partial charge in [-0.2, -0.15) is 0 Å². The number of pyridine rings is 1. The number of carbonyl (C=O) groups excluding carboxylic acids is 1.